The maximum atomic E-state index is 13.8. The molecule has 2 aliphatic rings. The summed E-state index contributed by atoms with van der Waals surface area (Å²) in [5.41, 5.74) is -2.16. The van der Waals surface area contributed by atoms with E-state index in [1.54, 1.807) is 12.1 Å². The van der Waals surface area contributed by atoms with E-state index in [4.69, 9.17) is 0 Å². The lowest BCUT2D eigenvalue weighted by Gasteiger charge is -2.37. The first-order valence-corrected chi connectivity index (χ1v) is 8.64. The van der Waals surface area contributed by atoms with Crippen molar-refractivity contribution >= 4 is 17.3 Å². The Balaban J connectivity index is 1.99. The summed E-state index contributed by atoms with van der Waals surface area (Å²) in [5, 5.41) is 14.8. The maximum Gasteiger partial charge on any atom is 0.439 e. The van der Waals surface area contributed by atoms with Gasteiger partial charge in [-0.05, 0) is 43.5 Å². The zero-order valence-electron chi connectivity index (χ0n) is 14.8. The van der Waals surface area contributed by atoms with Gasteiger partial charge in [0, 0.05) is 31.1 Å². The van der Waals surface area contributed by atoms with Crippen molar-refractivity contribution in [2.75, 3.05) is 19.0 Å². The number of carbonyl (C=O) groups excluding carboxylic acids is 1. The van der Waals surface area contributed by atoms with E-state index < -0.39 is 23.7 Å². The van der Waals surface area contributed by atoms with E-state index in [2.05, 4.69) is 5.10 Å². The molecule has 26 heavy (non-hydrogen) atoms. The fourth-order valence-electron chi connectivity index (χ4n) is 3.62. The van der Waals surface area contributed by atoms with E-state index in [0.717, 1.165) is 12.1 Å². The van der Waals surface area contributed by atoms with E-state index >= 15 is 0 Å². The van der Waals surface area contributed by atoms with Crippen molar-refractivity contribution in [3.63, 3.8) is 0 Å². The van der Waals surface area contributed by atoms with Crippen LogP contribution in [0.3, 0.4) is 0 Å². The molecule has 1 aromatic carbocycles. The van der Waals surface area contributed by atoms with Crippen LogP contribution in [0.25, 0.3) is 0 Å². The van der Waals surface area contributed by atoms with Gasteiger partial charge in [0.15, 0.2) is 0 Å². The summed E-state index contributed by atoms with van der Waals surface area (Å²) < 4.78 is 41.5. The Morgan fingerprint density at radius 3 is 2.46 bits per heavy atom. The first-order valence-electron chi connectivity index (χ1n) is 8.64. The number of hydrogen-bond donors (Lipinski definition) is 1. The SMILES string of the molecule is CN(C)c1ccc(C(=O)N2N=C3CCCCCC3C2(O)C(F)(F)F)cc1. The zero-order chi connectivity index (χ0) is 19.1. The van der Waals surface area contributed by atoms with Crippen molar-refractivity contribution in [2.45, 2.75) is 44.0 Å². The Labute approximate surface area is 150 Å². The molecule has 5 nitrogen and oxygen atoms in total. The summed E-state index contributed by atoms with van der Waals surface area (Å²) in [7, 11) is 3.64. The molecule has 2 atom stereocenters. The van der Waals surface area contributed by atoms with Crippen molar-refractivity contribution in [1.82, 2.24) is 5.01 Å². The number of rotatable bonds is 2. The Kier molecular flexibility index (Phi) is 4.72. The lowest BCUT2D eigenvalue weighted by Crippen LogP contribution is -2.61. The van der Waals surface area contributed by atoms with Gasteiger partial charge < -0.3 is 10.0 Å². The molecule has 8 heteroatoms. The number of carbonyl (C=O) groups is 1. The van der Waals surface area contributed by atoms with Crippen LogP contribution >= 0.6 is 0 Å². The van der Waals surface area contributed by atoms with Gasteiger partial charge in [0.1, 0.15) is 0 Å². The number of fused-ring (bicyclic) bond motifs is 1. The molecule has 1 heterocycles. The molecule has 0 spiro atoms. The second-order valence-electron chi connectivity index (χ2n) is 7.03. The van der Waals surface area contributed by atoms with Crippen LogP contribution in [0.1, 0.15) is 42.5 Å². The Bertz CT molecular complexity index is 715. The highest BCUT2D eigenvalue weighted by atomic mass is 19.4. The number of halogens is 3. The first kappa shape index (κ1) is 18.7. The molecule has 1 fully saturated rings. The number of nitrogens with zero attached hydrogens (tertiary/aromatic N) is 3. The molecule has 0 bridgehead atoms. The third-order valence-electron chi connectivity index (χ3n) is 5.11. The zero-order valence-corrected chi connectivity index (χ0v) is 14.8. The van der Waals surface area contributed by atoms with E-state index in [9.17, 15) is 23.1 Å². The van der Waals surface area contributed by atoms with Gasteiger partial charge in [-0.25, -0.2) is 0 Å². The summed E-state index contributed by atoms with van der Waals surface area (Å²) in [6.07, 6.45) is -2.38. The van der Waals surface area contributed by atoms with Crippen LogP contribution in [0.5, 0.6) is 0 Å². The minimum Gasteiger partial charge on any atom is -0.378 e. The second-order valence-corrected chi connectivity index (χ2v) is 7.03. The lowest BCUT2D eigenvalue weighted by molar-refractivity contribution is -0.312. The number of amides is 1. The van der Waals surface area contributed by atoms with Crippen molar-refractivity contribution in [1.29, 1.82) is 0 Å². The predicted molar refractivity (Wildman–Crippen MR) is 92.0 cm³/mol. The van der Waals surface area contributed by atoms with Gasteiger partial charge in [0.05, 0.1) is 5.92 Å². The minimum atomic E-state index is -4.99. The standard InChI is InChI=1S/C18H22F3N3O2/c1-23(2)13-10-8-12(9-11-13)16(25)24-17(26,18(19,20)21)14-6-4-3-5-7-15(14)22-24/h8-11,14,26H,3-7H2,1-2H3. The van der Waals surface area contributed by atoms with Gasteiger partial charge in [0.2, 0.25) is 0 Å². The van der Waals surface area contributed by atoms with Gasteiger partial charge in [-0.1, -0.05) is 12.8 Å². The average Bonchev–Trinajstić information content (AvgIpc) is 2.74. The molecule has 2 unspecified atom stereocenters. The molecule has 1 aromatic rings. The summed E-state index contributed by atoms with van der Waals surface area (Å²) in [5.74, 6) is -2.15. The normalized spacial score (nSPS) is 26.2. The summed E-state index contributed by atoms with van der Waals surface area (Å²) in [6, 6.07) is 6.17. The maximum absolute atomic E-state index is 13.8. The summed E-state index contributed by atoms with van der Waals surface area (Å²) in [6.45, 7) is 0. The van der Waals surface area contributed by atoms with E-state index in [1.165, 1.54) is 12.1 Å². The quantitative estimate of drug-likeness (QED) is 0.869. The van der Waals surface area contributed by atoms with Crippen LogP contribution in [-0.2, 0) is 0 Å². The molecule has 142 valence electrons. The summed E-state index contributed by atoms with van der Waals surface area (Å²) in [4.78, 5) is 14.6. The topological polar surface area (TPSA) is 56.1 Å². The van der Waals surface area contributed by atoms with Crippen molar-refractivity contribution in [3.8, 4) is 0 Å². The lowest BCUT2D eigenvalue weighted by atomic mass is 9.87. The van der Waals surface area contributed by atoms with E-state index in [0.29, 0.717) is 19.3 Å². The van der Waals surface area contributed by atoms with Crippen molar-refractivity contribution in [3.05, 3.63) is 29.8 Å². The van der Waals surface area contributed by atoms with Gasteiger partial charge in [-0.2, -0.15) is 23.3 Å². The second kappa shape index (κ2) is 6.57. The Hall–Kier alpha value is -2.09. The predicted octanol–water partition coefficient (Wildman–Crippen LogP) is 3.40. The molecule has 0 radical (unpaired) electrons. The van der Waals surface area contributed by atoms with E-state index in [1.807, 2.05) is 19.0 Å². The molecule has 0 aromatic heterocycles. The Morgan fingerprint density at radius 2 is 1.88 bits per heavy atom. The third kappa shape index (κ3) is 2.96. The van der Waals surface area contributed by atoms with Crippen molar-refractivity contribution < 1.29 is 23.1 Å². The molecule has 0 saturated heterocycles. The molecule has 3 rings (SSSR count). The molecule has 1 saturated carbocycles. The van der Waals surface area contributed by atoms with Crippen LogP contribution < -0.4 is 4.90 Å². The highest BCUT2D eigenvalue weighted by Gasteiger charge is 2.68. The largest absolute Gasteiger partial charge is 0.439 e. The number of aliphatic hydroxyl groups is 1. The van der Waals surface area contributed by atoms with Gasteiger partial charge in [-0.3, -0.25) is 4.79 Å². The third-order valence-corrected chi connectivity index (χ3v) is 5.11. The van der Waals surface area contributed by atoms with Crippen LogP contribution in [-0.4, -0.2) is 47.7 Å². The van der Waals surface area contributed by atoms with Gasteiger partial charge in [-0.15, -0.1) is 0 Å². The van der Waals surface area contributed by atoms with Crippen LogP contribution in [0.4, 0.5) is 18.9 Å². The number of benzene rings is 1. The molecule has 1 amide bonds. The molecular formula is C18H22F3N3O2. The fourth-order valence-corrected chi connectivity index (χ4v) is 3.62. The van der Waals surface area contributed by atoms with Gasteiger partial charge >= 0.3 is 6.18 Å². The number of hydrazone groups is 1. The molecule has 1 aliphatic heterocycles. The number of anilines is 1. The van der Waals surface area contributed by atoms with Crippen LogP contribution in [0, 0.1) is 5.92 Å². The highest BCUT2D eigenvalue weighted by molar-refractivity contribution is 5.99. The van der Waals surface area contributed by atoms with Crippen LogP contribution in [0.2, 0.25) is 0 Å². The minimum absolute atomic E-state index is 0.0547. The molecular weight excluding hydrogens is 347 g/mol. The fraction of sp³-hybridized carbons (Fsp3) is 0.556. The summed E-state index contributed by atoms with van der Waals surface area (Å²) >= 11 is 0. The van der Waals surface area contributed by atoms with Gasteiger partial charge in [0.25, 0.3) is 11.6 Å². The van der Waals surface area contributed by atoms with Crippen LogP contribution in [0.15, 0.2) is 29.4 Å². The first-order chi connectivity index (χ1) is 12.2. The van der Waals surface area contributed by atoms with Crippen molar-refractivity contribution in [2.24, 2.45) is 11.0 Å². The average molecular weight is 369 g/mol. The monoisotopic (exact) mass is 369 g/mol. The molecule has 1 N–H and O–H groups in total. The smallest absolute Gasteiger partial charge is 0.378 e. The highest BCUT2D eigenvalue weighted by Crippen LogP contribution is 2.48. The van der Waals surface area contributed by atoms with E-state index in [-0.39, 0.29) is 22.7 Å². The number of alkyl halides is 3. The molecule has 1 aliphatic carbocycles. The Morgan fingerprint density at radius 1 is 1.23 bits per heavy atom. The number of hydrogen-bond acceptors (Lipinski definition) is 4.